The molecule has 0 radical (unpaired) electrons. The average Bonchev–Trinajstić information content (AvgIpc) is 3.04. The number of sulfonamides is 1. The van der Waals surface area contributed by atoms with E-state index in [0.717, 1.165) is 5.01 Å². The van der Waals surface area contributed by atoms with Gasteiger partial charge in [-0.1, -0.05) is 50.6 Å². The highest BCUT2D eigenvalue weighted by atomic mass is 35.5. The maximum Gasteiger partial charge on any atom is 0.259 e. The van der Waals surface area contributed by atoms with Crippen LogP contribution in [0.4, 0.5) is 5.13 Å². The van der Waals surface area contributed by atoms with E-state index >= 15 is 0 Å². The number of carbonyl (C=O) groups is 1. The van der Waals surface area contributed by atoms with Crippen molar-refractivity contribution in [3.8, 4) is 0 Å². The number of nitrogens with one attached hydrogen (secondary N) is 1. The van der Waals surface area contributed by atoms with Gasteiger partial charge < -0.3 is 0 Å². The predicted molar refractivity (Wildman–Crippen MR) is 104 cm³/mol. The van der Waals surface area contributed by atoms with Gasteiger partial charge in [0.05, 0.1) is 15.5 Å². The third kappa shape index (κ3) is 4.40. The minimum atomic E-state index is -3.68. The SMILES string of the molecule is CCN(CC)S(=O)(=O)c1ccc(Cl)c(C(=O)Nc2nnc(C(C)C)s2)c1. The number of hydrogen-bond acceptors (Lipinski definition) is 6. The topological polar surface area (TPSA) is 92.3 Å². The van der Waals surface area contributed by atoms with E-state index in [1.807, 2.05) is 13.8 Å². The van der Waals surface area contributed by atoms with E-state index in [-0.39, 0.29) is 21.4 Å². The van der Waals surface area contributed by atoms with E-state index in [1.165, 1.54) is 33.8 Å². The summed E-state index contributed by atoms with van der Waals surface area (Å²) in [6, 6.07) is 4.09. The summed E-state index contributed by atoms with van der Waals surface area (Å²) in [7, 11) is -3.68. The Labute approximate surface area is 162 Å². The molecule has 0 aliphatic carbocycles. The normalized spacial score (nSPS) is 12.0. The van der Waals surface area contributed by atoms with Crippen molar-refractivity contribution in [2.45, 2.75) is 38.5 Å². The Kier molecular flexibility index (Phi) is 6.73. The Morgan fingerprint density at radius 3 is 2.46 bits per heavy atom. The Bertz CT molecular complexity index is 893. The molecule has 142 valence electrons. The van der Waals surface area contributed by atoms with Crippen molar-refractivity contribution in [1.82, 2.24) is 14.5 Å². The third-order valence-corrected chi connectivity index (χ3v) is 7.20. The van der Waals surface area contributed by atoms with Gasteiger partial charge in [0, 0.05) is 19.0 Å². The van der Waals surface area contributed by atoms with Crippen LogP contribution >= 0.6 is 22.9 Å². The molecular weight excluding hydrogens is 396 g/mol. The van der Waals surface area contributed by atoms with Gasteiger partial charge in [-0.05, 0) is 18.2 Å². The number of carbonyl (C=O) groups excluding carboxylic acids is 1. The zero-order chi connectivity index (χ0) is 19.5. The van der Waals surface area contributed by atoms with Gasteiger partial charge in [-0.15, -0.1) is 10.2 Å². The van der Waals surface area contributed by atoms with Gasteiger partial charge in [-0.25, -0.2) is 8.42 Å². The number of amides is 1. The average molecular weight is 417 g/mol. The smallest absolute Gasteiger partial charge is 0.259 e. The summed E-state index contributed by atoms with van der Waals surface area (Å²) in [5.74, 6) is -0.331. The van der Waals surface area contributed by atoms with Crippen LogP contribution in [0.2, 0.25) is 5.02 Å². The fourth-order valence-corrected chi connectivity index (χ4v) is 4.66. The van der Waals surface area contributed by atoms with Crippen molar-refractivity contribution in [2.75, 3.05) is 18.4 Å². The van der Waals surface area contributed by atoms with Gasteiger partial charge in [-0.3, -0.25) is 10.1 Å². The molecule has 0 unspecified atom stereocenters. The highest BCUT2D eigenvalue weighted by Gasteiger charge is 2.24. The van der Waals surface area contributed by atoms with Gasteiger partial charge in [0.15, 0.2) is 0 Å². The van der Waals surface area contributed by atoms with Gasteiger partial charge in [0.1, 0.15) is 5.01 Å². The molecule has 10 heteroatoms. The van der Waals surface area contributed by atoms with E-state index in [2.05, 4.69) is 15.5 Å². The molecule has 0 atom stereocenters. The first kappa shape index (κ1) is 20.8. The number of benzene rings is 1. The summed E-state index contributed by atoms with van der Waals surface area (Å²) in [4.78, 5) is 12.6. The van der Waals surface area contributed by atoms with Crippen LogP contribution in [0, 0.1) is 0 Å². The quantitative estimate of drug-likeness (QED) is 0.744. The van der Waals surface area contributed by atoms with Gasteiger partial charge in [-0.2, -0.15) is 4.31 Å². The molecule has 7 nitrogen and oxygen atoms in total. The maximum atomic E-state index is 12.6. The number of hydrogen-bond donors (Lipinski definition) is 1. The second kappa shape index (κ2) is 8.43. The molecule has 1 N–H and O–H groups in total. The largest absolute Gasteiger partial charge is 0.296 e. The van der Waals surface area contributed by atoms with Crippen LogP contribution in [0.1, 0.15) is 49.0 Å². The Hall–Kier alpha value is -1.55. The van der Waals surface area contributed by atoms with Crippen LogP contribution in [-0.2, 0) is 10.0 Å². The summed E-state index contributed by atoms with van der Waals surface area (Å²) in [6.45, 7) is 8.14. The fraction of sp³-hybridized carbons (Fsp3) is 0.438. The maximum absolute atomic E-state index is 12.6. The first-order chi connectivity index (χ1) is 12.2. The van der Waals surface area contributed by atoms with Crippen molar-refractivity contribution in [1.29, 1.82) is 0 Å². The van der Waals surface area contributed by atoms with E-state index < -0.39 is 15.9 Å². The molecule has 0 aliphatic heterocycles. The molecule has 1 amide bonds. The molecule has 1 aromatic heterocycles. The molecule has 0 aliphatic rings. The monoisotopic (exact) mass is 416 g/mol. The lowest BCUT2D eigenvalue weighted by Gasteiger charge is -2.19. The Morgan fingerprint density at radius 2 is 1.92 bits per heavy atom. The minimum absolute atomic E-state index is 0.0240. The first-order valence-corrected chi connectivity index (χ1v) is 10.8. The van der Waals surface area contributed by atoms with Crippen LogP contribution < -0.4 is 5.32 Å². The van der Waals surface area contributed by atoms with Crippen LogP contribution in [0.25, 0.3) is 0 Å². The van der Waals surface area contributed by atoms with Crippen LogP contribution in [0.15, 0.2) is 23.1 Å². The lowest BCUT2D eigenvalue weighted by Crippen LogP contribution is -2.30. The zero-order valence-corrected chi connectivity index (χ0v) is 17.4. The lowest BCUT2D eigenvalue weighted by molar-refractivity contribution is 0.102. The number of halogens is 1. The van der Waals surface area contributed by atoms with E-state index in [9.17, 15) is 13.2 Å². The first-order valence-electron chi connectivity index (χ1n) is 8.15. The van der Waals surface area contributed by atoms with E-state index in [1.54, 1.807) is 13.8 Å². The van der Waals surface area contributed by atoms with Crippen LogP contribution in [0.3, 0.4) is 0 Å². The second-order valence-corrected chi connectivity index (χ2v) is 9.14. The highest BCUT2D eigenvalue weighted by molar-refractivity contribution is 7.89. The molecule has 2 rings (SSSR count). The molecule has 0 spiro atoms. The molecule has 2 aromatic rings. The molecular formula is C16H21ClN4O3S2. The van der Waals surface area contributed by atoms with Gasteiger partial charge in [0.2, 0.25) is 15.2 Å². The van der Waals surface area contributed by atoms with E-state index in [0.29, 0.717) is 18.2 Å². The van der Waals surface area contributed by atoms with Crippen LogP contribution in [0.5, 0.6) is 0 Å². The Balaban J connectivity index is 2.32. The van der Waals surface area contributed by atoms with Crippen molar-refractivity contribution in [3.63, 3.8) is 0 Å². The molecule has 0 bridgehead atoms. The van der Waals surface area contributed by atoms with Crippen molar-refractivity contribution in [3.05, 3.63) is 33.8 Å². The standard InChI is InChI=1S/C16H21ClN4O3S2/c1-5-21(6-2)26(23,24)11-7-8-13(17)12(9-11)14(22)18-16-20-19-15(25-16)10(3)4/h7-10H,5-6H2,1-4H3,(H,18,20,22). The number of rotatable bonds is 7. The molecule has 1 heterocycles. The highest BCUT2D eigenvalue weighted by Crippen LogP contribution is 2.26. The zero-order valence-electron chi connectivity index (χ0n) is 15.0. The summed E-state index contributed by atoms with van der Waals surface area (Å²) >= 11 is 7.38. The molecule has 0 fully saturated rings. The van der Waals surface area contributed by atoms with Crippen molar-refractivity contribution < 1.29 is 13.2 Å². The third-order valence-electron chi connectivity index (χ3n) is 3.68. The minimum Gasteiger partial charge on any atom is -0.296 e. The van der Waals surface area contributed by atoms with Gasteiger partial charge in [0.25, 0.3) is 5.91 Å². The van der Waals surface area contributed by atoms with Crippen molar-refractivity contribution in [2.24, 2.45) is 0 Å². The number of aromatic nitrogens is 2. The predicted octanol–water partition coefficient (Wildman–Crippen LogP) is 3.60. The summed E-state index contributed by atoms with van der Waals surface area (Å²) < 4.78 is 26.6. The molecule has 0 saturated carbocycles. The van der Waals surface area contributed by atoms with Gasteiger partial charge >= 0.3 is 0 Å². The van der Waals surface area contributed by atoms with Crippen molar-refractivity contribution >= 4 is 44.0 Å². The number of anilines is 1. The lowest BCUT2D eigenvalue weighted by atomic mass is 10.2. The molecule has 26 heavy (non-hydrogen) atoms. The molecule has 1 aromatic carbocycles. The number of nitrogens with zero attached hydrogens (tertiary/aromatic N) is 3. The summed E-state index contributed by atoms with van der Waals surface area (Å²) in [5.41, 5.74) is 0.0706. The fourth-order valence-electron chi connectivity index (χ4n) is 2.23. The summed E-state index contributed by atoms with van der Waals surface area (Å²) in [5, 5.41) is 11.9. The Morgan fingerprint density at radius 1 is 1.27 bits per heavy atom. The molecule has 0 saturated heterocycles. The second-order valence-electron chi connectivity index (χ2n) is 5.79. The van der Waals surface area contributed by atoms with Crippen LogP contribution in [-0.4, -0.2) is 41.9 Å². The summed E-state index contributed by atoms with van der Waals surface area (Å²) in [6.07, 6.45) is 0. The van der Waals surface area contributed by atoms with E-state index in [4.69, 9.17) is 11.6 Å².